The fourth-order valence-corrected chi connectivity index (χ4v) is 4.26. The Kier molecular flexibility index (Phi) is 7.12. The summed E-state index contributed by atoms with van der Waals surface area (Å²) in [4.78, 5) is 28.1. The normalized spacial score (nSPS) is 14.9. The highest BCUT2D eigenvalue weighted by molar-refractivity contribution is 8.26. The molecule has 1 saturated heterocycles. The first-order valence-electron chi connectivity index (χ1n) is 9.55. The number of carbonyl (C=O) groups is 2. The van der Waals surface area contributed by atoms with Crippen LogP contribution in [0.1, 0.15) is 29.8 Å². The predicted octanol–water partition coefficient (Wildman–Crippen LogP) is 4.09. The van der Waals surface area contributed by atoms with Crippen molar-refractivity contribution in [3.8, 4) is 5.75 Å². The van der Waals surface area contributed by atoms with Crippen molar-refractivity contribution in [2.24, 2.45) is 0 Å². The van der Waals surface area contributed by atoms with Crippen molar-refractivity contribution in [2.45, 2.75) is 13.8 Å². The highest BCUT2D eigenvalue weighted by Gasteiger charge is 2.34. The van der Waals surface area contributed by atoms with Crippen LogP contribution in [-0.4, -0.2) is 41.3 Å². The smallest absolute Gasteiger partial charge is 0.285 e. The number of nitrogens with zero attached hydrogens (tertiary/aromatic N) is 2. The van der Waals surface area contributed by atoms with E-state index in [-0.39, 0.29) is 10.2 Å². The number of thioether (sulfide) groups is 1. The van der Waals surface area contributed by atoms with Crippen molar-refractivity contribution < 1.29 is 14.3 Å². The first-order valence-corrected chi connectivity index (χ1v) is 10.8. The Morgan fingerprint density at radius 2 is 1.83 bits per heavy atom. The van der Waals surface area contributed by atoms with Gasteiger partial charge in [-0.05, 0) is 62.0 Å². The van der Waals surface area contributed by atoms with Crippen LogP contribution < -0.4 is 15.1 Å². The van der Waals surface area contributed by atoms with E-state index in [4.69, 9.17) is 17.0 Å². The van der Waals surface area contributed by atoms with Crippen molar-refractivity contribution in [3.05, 3.63) is 64.6 Å². The van der Waals surface area contributed by atoms with Crippen molar-refractivity contribution in [1.82, 2.24) is 10.4 Å². The fraction of sp³-hybridized carbons (Fsp3) is 0.227. The zero-order valence-electron chi connectivity index (χ0n) is 17.0. The molecule has 0 saturated carbocycles. The molecule has 0 radical (unpaired) electrons. The molecular formula is C22H23N3O3S2. The lowest BCUT2D eigenvalue weighted by Crippen LogP contribution is -2.44. The highest BCUT2D eigenvalue weighted by Crippen LogP contribution is 2.32. The second-order valence-electron chi connectivity index (χ2n) is 6.42. The summed E-state index contributed by atoms with van der Waals surface area (Å²) in [5, 5.41) is 1.10. The quantitative estimate of drug-likeness (QED) is 0.516. The van der Waals surface area contributed by atoms with Crippen LogP contribution in [0, 0.1) is 0 Å². The third kappa shape index (κ3) is 4.66. The van der Waals surface area contributed by atoms with E-state index in [9.17, 15) is 9.59 Å². The Bertz CT molecular complexity index is 985. The minimum atomic E-state index is -0.464. The maximum Gasteiger partial charge on any atom is 0.285 e. The molecule has 8 heteroatoms. The molecule has 6 nitrogen and oxygen atoms in total. The van der Waals surface area contributed by atoms with E-state index in [1.807, 2.05) is 24.3 Å². The first kappa shape index (κ1) is 21.9. The lowest BCUT2D eigenvalue weighted by atomic mass is 10.1. The molecule has 0 bridgehead atoms. The van der Waals surface area contributed by atoms with E-state index >= 15 is 0 Å². The van der Waals surface area contributed by atoms with Gasteiger partial charge in [0.1, 0.15) is 5.75 Å². The van der Waals surface area contributed by atoms with E-state index in [2.05, 4.69) is 24.2 Å². The molecular weight excluding hydrogens is 418 g/mol. The van der Waals surface area contributed by atoms with Gasteiger partial charge in [-0.3, -0.25) is 15.0 Å². The molecule has 0 spiro atoms. The molecule has 1 fully saturated rings. The van der Waals surface area contributed by atoms with Crippen LogP contribution in [-0.2, 0) is 4.79 Å². The third-order valence-electron chi connectivity index (χ3n) is 4.68. The number of carbonyl (C=O) groups excluding carboxylic acids is 2. The molecule has 1 N–H and O–H groups in total. The minimum absolute atomic E-state index is 0.272. The molecule has 30 heavy (non-hydrogen) atoms. The number of methoxy groups -OCH3 is 1. The van der Waals surface area contributed by atoms with Crippen LogP contribution in [0.25, 0.3) is 6.08 Å². The molecule has 1 aliphatic heterocycles. The number of para-hydroxylation sites is 1. The Morgan fingerprint density at radius 1 is 1.17 bits per heavy atom. The van der Waals surface area contributed by atoms with Gasteiger partial charge in [0.15, 0.2) is 4.32 Å². The van der Waals surface area contributed by atoms with E-state index in [1.54, 1.807) is 30.3 Å². The number of thiocarbonyl (C=S) groups is 1. The lowest BCUT2D eigenvalue weighted by Gasteiger charge is -2.20. The number of hydrazine groups is 1. The fourth-order valence-electron chi connectivity index (χ4n) is 3.08. The van der Waals surface area contributed by atoms with Gasteiger partial charge in [0.05, 0.1) is 17.6 Å². The van der Waals surface area contributed by atoms with Crippen LogP contribution >= 0.6 is 24.0 Å². The summed E-state index contributed by atoms with van der Waals surface area (Å²) in [5.41, 5.74) is 4.93. The Morgan fingerprint density at radius 3 is 2.47 bits per heavy atom. The van der Waals surface area contributed by atoms with Crippen molar-refractivity contribution in [1.29, 1.82) is 0 Å². The molecule has 0 atom stereocenters. The maximum atomic E-state index is 12.8. The van der Waals surface area contributed by atoms with Gasteiger partial charge in [0.25, 0.3) is 11.8 Å². The van der Waals surface area contributed by atoms with Gasteiger partial charge in [0, 0.05) is 18.8 Å². The molecule has 2 aromatic rings. The second kappa shape index (κ2) is 9.77. The van der Waals surface area contributed by atoms with Crippen molar-refractivity contribution in [3.63, 3.8) is 0 Å². The van der Waals surface area contributed by atoms with Crippen molar-refractivity contribution in [2.75, 3.05) is 25.1 Å². The second-order valence-corrected chi connectivity index (χ2v) is 8.10. The van der Waals surface area contributed by atoms with Crippen LogP contribution in [0.5, 0.6) is 5.75 Å². The van der Waals surface area contributed by atoms with Crippen LogP contribution in [0.15, 0.2) is 53.4 Å². The van der Waals surface area contributed by atoms with Gasteiger partial charge in [-0.1, -0.05) is 36.0 Å². The van der Waals surface area contributed by atoms with Crippen LogP contribution in [0.3, 0.4) is 0 Å². The molecule has 1 heterocycles. The SMILES string of the molecule is CCN(CC)c1ccc(/C=C2/SC(=S)N(NC(=O)c3ccccc3OC)C2=O)cc1. The van der Waals surface area contributed by atoms with Gasteiger partial charge in [0.2, 0.25) is 0 Å². The van der Waals surface area contributed by atoms with E-state index in [1.165, 1.54) is 7.11 Å². The first-order chi connectivity index (χ1) is 14.5. The number of amides is 2. The Labute approximate surface area is 185 Å². The summed E-state index contributed by atoms with van der Waals surface area (Å²) in [7, 11) is 1.49. The number of hydrogen-bond acceptors (Lipinski definition) is 6. The topological polar surface area (TPSA) is 61.9 Å². The van der Waals surface area contributed by atoms with Gasteiger partial charge in [-0.25, -0.2) is 0 Å². The monoisotopic (exact) mass is 441 g/mol. The van der Waals surface area contributed by atoms with Crippen LogP contribution in [0.2, 0.25) is 0 Å². The average molecular weight is 442 g/mol. The number of ether oxygens (including phenoxy) is 1. The number of nitrogens with one attached hydrogen (secondary N) is 1. The zero-order chi connectivity index (χ0) is 21.7. The van der Waals surface area contributed by atoms with Gasteiger partial charge < -0.3 is 9.64 Å². The summed E-state index contributed by atoms with van der Waals surface area (Å²) in [6.07, 6.45) is 1.78. The Hall–Kier alpha value is -2.84. The predicted molar refractivity (Wildman–Crippen MR) is 125 cm³/mol. The number of benzene rings is 2. The molecule has 1 aliphatic rings. The van der Waals surface area contributed by atoms with E-state index in [0.717, 1.165) is 41.1 Å². The van der Waals surface area contributed by atoms with Gasteiger partial charge in [-0.2, -0.15) is 5.01 Å². The lowest BCUT2D eigenvalue weighted by molar-refractivity contribution is -0.123. The van der Waals surface area contributed by atoms with E-state index in [0.29, 0.717) is 16.2 Å². The summed E-state index contributed by atoms with van der Waals surface area (Å²) in [6.45, 7) is 6.09. The largest absolute Gasteiger partial charge is 0.496 e. The highest BCUT2D eigenvalue weighted by atomic mass is 32.2. The average Bonchev–Trinajstić information content (AvgIpc) is 3.03. The van der Waals surface area contributed by atoms with E-state index < -0.39 is 5.91 Å². The summed E-state index contributed by atoms with van der Waals surface area (Å²) >= 11 is 6.46. The minimum Gasteiger partial charge on any atom is -0.496 e. The summed E-state index contributed by atoms with van der Waals surface area (Å²) in [6, 6.07) is 14.8. The molecule has 0 aliphatic carbocycles. The number of anilines is 1. The molecule has 2 aromatic carbocycles. The summed E-state index contributed by atoms with van der Waals surface area (Å²) in [5.74, 6) is -0.404. The number of hydrogen-bond donors (Lipinski definition) is 1. The molecule has 3 rings (SSSR count). The van der Waals surface area contributed by atoms with Crippen molar-refractivity contribution >= 4 is 51.9 Å². The zero-order valence-corrected chi connectivity index (χ0v) is 18.7. The molecule has 2 amide bonds. The van der Waals surface area contributed by atoms with Crippen LogP contribution in [0.4, 0.5) is 5.69 Å². The van der Waals surface area contributed by atoms with Gasteiger partial charge in [-0.15, -0.1) is 0 Å². The molecule has 0 aromatic heterocycles. The standard InChI is InChI=1S/C22H23N3O3S2/c1-4-24(5-2)16-12-10-15(11-13-16)14-19-21(27)25(22(29)30-19)23-20(26)17-8-6-7-9-18(17)28-3/h6-14H,4-5H2,1-3H3,(H,23,26)/b19-14+. The maximum absolute atomic E-state index is 12.8. The molecule has 0 unspecified atom stereocenters. The Balaban J connectivity index is 1.75. The number of rotatable bonds is 7. The molecule has 156 valence electrons. The van der Waals surface area contributed by atoms with Gasteiger partial charge >= 0.3 is 0 Å². The third-order valence-corrected chi connectivity index (χ3v) is 5.98. The summed E-state index contributed by atoms with van der Waals surface area (Å²) < 4.78 is 5.48.